The maximum absolute atomic E-state index is 12.2. The van der Waals surface area contributed by atoms with Gasteiger partial charge < -0.3 is 5.11 Å². The highest BCUT2D eigenvalue weighted by Gasteiger charge is 2.62. The Balaban J connectivity index is 1.68. The van der Waals surface area contributed by atoms with Crippen molar-refractivity contribution in [3.8, 4) is 0 Å². The highest BCUT2D eigenvalue weighted by atomic mass is 32.1. The first-order valence-electron chi connectivity index (χ1n) is 9.98. The fourth-order valence-corrected chi connectivity index (χ4v) is 8.47. The maximum Gasteiger partial charge on any atom is 0.133 e. The van der Waals surface area contributed by atoms with Gasteiger partial charge in [0, 0.05) is 5.92 Å². The second kappa shape index (κ2) is 5.61. The molecule has 2 nitrogen and oxygen atoms in total. The molecule has 24 heavy (non-hydrogen) atoms. The number of aliphatic hydroxyl groups is 1. The largest absolute Gasteiger partial charge is 0.393 e. The SMILES string of the molecule is CC(=O)[C@H]1CCC2[C@@H]3CCC4C[C@H](O)CC[C@]4(C)C3C(=S)C[C@@]21C. The third-order valence-corrected chi connectivity index (χ3v) is 9.21. The molecule has 3 unspecified atom stereocenters. The van der Waals surface area contributed by atoms with Gasteiger partial charge in [0.1, 0.15) is 5.78 Å². The quantitative estimate of drug-likeness (QED) is 0.705. The summed E-state index contributed by atoms with van der Waals surface area (Å²) in [7, 11) is 0. The Morgan fingerprint density at radius 3 is 2.58 bits per heavy atom. The molecular weight excluding hydrogens is 316 g/mol. The highest BCUT2D eigenvalue weighted by molar-refractivity contribution is 7.80. The first-order valence-corrected chi connectivity index (χ1v) is 10.4. The number of hydrogen-bond acceptors (Lipinski definition) is 3. The summed E-state index contributed by atoms with van der Waals surface area (Å²) in [5.41, 5.74) is 0.399. The van der Waals surface area contributed by atoms with Crippen LogP contribution in [0.15, 0.2) is 0 Å². The third kappa shape index (κ3) is 2.23. The van der Waals surface area contributed by atoms with Crippen molar-refractivity contribution in [3.63, 3.8) is 0 Å². The van der Waals surface area contributed by atoms with E-state index in [2.05, 4.69) is 13.8 Å². The zero-order valence-corrected chi connectivity index (χ0v) is 16.2. The van der Waals surface area contributed by atoms with Gasteiger partial charge in [-0.25, -0.2) is 0 Å². The monoisotopic (exact) mass is 348 g/mol. The summed E-state index contributed by atoms with van der Waals surface area (Å²) >= 11 is 6.03. The van der Waals surface area contributed by atoms with Crippen LogP contribution in [0.2, 0.25) is 0 Å². The van der Waals surface area contributed by atoms with Crippen LogP contribution in [0.5, 0.6) is 0 Å². The van der Waals surface area contributed by atoms with Crippen LogP contribution in [-0.4, -0.2) is 21.9 Å². The minimum Gasteiger partial charge on any atom is -0.393 e. The molecule has 0 aliphatic heterocycles. The van der Waals surface area contributed by atoms with Crippen LogP contribution < -0.4 is 0 Å². The van der Waals surface area contributed by atoms with Crippen molar-refractivity contribution in [3.05, 3.63) is 0 Å². The topological polar surface area (TPSA) is 37.3 Å². The first kappa shape index (κ1) is 17.1. The van der Waals surface area contributed by atoms with Crippen LogP contribution >= 0.6 is 12.2 Å². The first-order chi connectivity index (χ1) is 11.3. The van der Waals surface area contributed by atoms with Crippen molar-refractivity contribution in [2.24, 2.45) is 40.4 Å². The van der Waals surface area contributed by atoms with E-state index in [1.165, 1.54) is 24.1 Å². The van der Waals surface area contributed by atoms with Gasteiger partial charge in [0.15, 0.2) is 0 Å². The molecule has 0 aromatic carbocycles. The van der Waals surface area contributed by atoms with Gasteiger partial charge in [-0.3, -0.25) is 4.79 Å². The molecule has 4 aliphatic carbocycles. The molecule has 8 atom stereocenters. The van der Waals surface area contributed by atoms with Crippen molar-refractivity contribution >= 4 is 22.9 Å². The van der Waals surface area contributed by atoms with Crippen molar-refractivity contribution in [2.45, 2.75) is 78.2 Å². The van der Waals surface area contributed by atoms with E-state index in [1.54, 1.807) is 6.92 Å². The summed E-state index contributed by atoms with van der Waals surface area (Å²) in [6, 6.07) is 0. The average Bonchev–Trinajstić information content (AvgIpc) is 2.84. The second-order valence-electron chi connectivity index (χ2n) is 9.85. The number of hydrogen-bond donors (Lipinski definition) is 1. The Bertz CT molecular complexity index is 572. The lowest BCUT2D eigenvalue weighted by Gasteiger charge is -2.61. The van der Waals surface area contributed by atoms with Gasteiger partial charge in [-0.1, -0.05) is 26.1 Å². The molecule has 0 saturated heterocycles. The molecule has 4 saturated carbocycles. The summed E-state index contributed by atoms with van der Waals surface area (Å²) < 4.78 is 0. The maximum atomic E-state index is 12.2. The molecule has 4 aliphatic rings. The smallest absolute Gasteiger partial charge is 0.133 e. The van der Waals surface area contributed by atoms with E-state index in [9.17, 15) is 9.90 Å². The number of Topliss-reactive ketones (excluding diaryl/α,β-unsaturated/α-hetero) is 1. The number of ketones is 1. The summed E-state index contributed by atoms with van der Waals surface area (Å²) in [6.45, 7) is 6.61. The number of carbonyl (C=O) groups excluding carboxylic acids is 1. The van der Waals surface area contributed by atoms with Crippen LogP contribution in [0.4, 0.5) is 0 Å². The van der Waals surface area contributed by atoms with Crippen LogP contribution in [0.25, 0.3) is 0 Å². The Hall–Kier alpha value is -0.280. The number of thiocarbonyl (C=S) groups is 1. The van der Waals surface area contributed by atoms with Gasteiger partial charge in [-0.05, 0) is 97.7 Å². The molecule has 4 fully saturated rings. The number of aliphatic hydroxyl groups excluding tert-OH is 1. The summed E-state index contributed by atoms with van der Waals surface area (Å²) in [4.78, 5) is 13.5. The predicted octanol–water partition coefficient (Wildman–Crippen LogP) is 4.58. The molecule has 0 radical (unpaired) electrons. The summed E-state index contributed by atoms with van der Waals surface area (Å²) in [5.74, 6) is 3.13. The molecule has 0 aromatic rings. The van der Waals surface area contributed by atoms with Gasteiger partial charge >= 0.3 is 0 Å². The van der Waals surface area contributed by atoms with Crippen LogP contribution in [0, 0.1) is 40.4 Å². The zero-order chi connectivity index (χ0) is 17.3. The zero-order valence-electron chi connectivity index (χ0n) is 15.4. The number of fused-ring (bicyclic) bond motifs is 5. The van der Waals surface area contributed by atoms with E-state index < -0.39 is 0 Å². The summed E-state index contributed by atoms with van der Waals surface area (Å²) in [6.07, 6.45) is 8.70. The van der Waals surface area contributed by atoms with E-state index in [4.69, 9.17) is 12.2 Å². The van der Waals surface area contributed by atoms with E-state index >= 15 is 0 Å². The molecule has 4 rings (SSSR count). The fourth-order valence-electron chi connectivity index (χ4n) is 7.72. The molecule has 0 spiro atoms. The van der Waals surface area contributed by atoms with Gasteiger partial charge in [0.05, 0.1) is 6.10 Å². The van der Waals surface area contributed by atoms with Crippen LogP contribution in [0.3, 0.4) is 0 Å². The van der Waals surface area contributed by atoms with Crippen molar-refractivity contribution < 1.29 is 9.90 Å². The lowest BCUT2D eigenvalue weighted by atomic mass is 9.44. The van der Waals surface area contributed by atoms with E-state index in [0.29, 0.717) is 29.5 Å². The predicted molar refractivity (Wildman–Crippen MR) is 99.9 cm³/mol. The molecule has 0 amide bonds. The number of carbonyl (C=O) groups is 1. The Labute approximate surface area is 151 Å². The van der Waals surface area contributed by atoms with Gasteiger partial charge in [0.2, 0.25) is 0 Å². The fraction of sp³-hybridized carbons (Fsp3) is 0.905. The normalized spacial score (nSPS) is 53.9. The lowest BCUT2D eigenvalue weighted by Crippen LogP contribution is -2.57. The molecule has 1 N–H and O–H groups in total. The minimum absolute atomic E-state index is 0.101. The van der Waals surface area contributed by atoms with E-state index in [0.717, 1.165) is 32.1 Å². The lowest BCUT2D eigenvalue weighted by molar-refractivity contribution is -0.126. The molecular formula is C21H32O2S. The Morgan fingerprint density at radius 2 is 1.88 bits per heavy atom. The molecule has 0 aromatic heterocycles. The highest BCUT2D eigenvalue weighted by Crippen LogP contribution is 2.66. The minimum atomic E-state index is -0.101. The van der Waals surface area contributed by atoms with Crippen LogP contribution in [-0.2, 0) is 4.79 Å². The van der Waals surface area contributed by atoms with Crippen molar-refractivity contribution in [1.29, 1.82) is 0 Å². The van der Waals surface area contributed by atoms with Crippen molar-refractivity contribution in [1.82, 2.24) is 0 Å². The molecule has 0 heterocycles. The van der Waals surface area contributed by atoms with Crippen LogP contribution in [0.1, 0.15) is 72.1 Å². The van der Waals surface area contributed by atoms with E-state index in [-0.39, 0.29) is 22.9 Å². The second-order valence-corrected chi connectivity index (χ2v) is 10.4. The molecule has 3 heteroatoms. The van der Waals surface area contributed by atoms with E-state index in [1.807, 2.05) is 0 Å². The number of rotatable bonds is 1. The third-order valence-electron chi connectivity index (χ3n) is 8.81. The van der Waals surface area contributed by atoms with Gasteiger partial charge in [0.25, 0.3) is 0 Å². The Morgan fingerprint density at radius 1 is 1.12 bits per heavy atom. The molecule has 134 valence electrons. The standard InChI is InChI=1S/C21H32O2S/c1-12(22)16-6-7-17-15-5-4-13-10-14(23)8-9-20(13,2)19(15)18(24)11-21(16,17)3/h13-17,19,23H,4-11H2,1-3H3/t13?,14-,15+,16-,17?,19?,20+,21-/m1/s1. The van der Waals surface area contributed by atoms with Gasteiger partial charge in [-0.15, -0.1) is 0 Å². The average molecular weight is 349 g/mol. The molecule has 0 bridgehead atoms. The Kier molecular flexibility index (Phi) is 4.01. The summed E-state index contributed by atoms with van der Waals surface area (Å²) in [5, 5.41) is 10.1. The van der Waals surface area contributed by atoms with Crippen molar-refractivity contribution in [2.75, 3.05) is 0 Å². The van der Waals surface area contributed by atoms with Gasteiger partial charge in [-0.2, -0.15) is 0 Å².